The van der Waals surface area contributed by atoms with Crippen LogP contribution in [0.4, 0.5) is 0 Å². The highest BCUT2D eigenvalue weighted by atomic mass is 32.2. The van der Waals surface area contributed by atoms with E-state index >= 15 is 0 Å². The number of nitrogens with one attached hydrogen (secondary N) is 1. The van der Waals surface area contributed by atoms with Crippen LogP contribution < -0.4 is 0 Å². The topological polar surface area (TPSA) is 65.1 Å². The van der Waals surface area contributed by atoms with Crippen molar-refractivity contribution in [3.05, 3.63) is 5.82 Å². The SMILES string of the molecule is CCN1CCN(C(=O)C(C)Sc2n[nH]c(C(C)C)n2)CC1. The standard InChI is InChI=1S/C14H25N5OS/c1-5-18-6-8-19(9-7-18)13(20)11(4)21-14-15-12(10(2)3)16-17-14/h10-11H,5-9H2,1-4H3,(H,15,16,17). The number of likely N-dealkylation sites (N-methyl/N-ethyl adjacent to an activating group) is 1. The normalized spacial score (nSPS) is 18.2. The van der Waals surface area contributed by atoms with E-state index in [-0.39, 0.29) is 11.2 Å². The number of piperazine rings is 1. The lowest BCUT2D eigenvalue weighted by molar-refractivity contribution is -0.132. The fraction of sp³-hybridized carbons (Fsp3) is 0.786. The van der Waals surface area contributed by atoms with Crippen LogP contribution in [0.5, 0.6) is 0 Å². The van der Waals surface area contributed by atoms with E-state index < -0.39 is 0 Å². The molecule has 1 aromatic heterocycles. The van der Waals surface area contributed by atoms with E-state index in [4.69, 9.17) is 0 Å². The molecule has 1 aliphatic rings. The minimum atomic E-state index is -0.144. The molecular weight excluding hydrogens is 286 g/mol. The molecule has 2 rings (SSSR count). The largest absolute Gasteiger partial charge is 0.339 e. The summed E-state index contributed by atoms with van der Waals surface area (Å²) >= 11 is 1.43. The van der Waals surface area contributed by atoms with Gasteiger partial charge in [-0.1, -0.05) is 32.5 Å². The first-order chi connectivity index (χ1) is 10.0. The zero-order valence-electron chi connectivity index (χ0n) is 13.3. The summed E-state index contributed by atoms with van der Waals surface area (Å²) < 4.78 is 0. The van der Waals surface area contributed by atoms with Gasteiger partial charge in [-0.25, -0.2) is 4.98 Å². The predicted octanol–water partition coefficient (Wildman–Crippen LogP) is 1.57. The van der Waals surface area contributed by atoms with Gasteiger partial charge in [0, 0.05) is 32.1 Å². The summed E-state index contributed by atoms with van der Waals surface area (Å²) in [5.74, 6) is 1.38. The molecule has 2 heterocycles. The van der Waals surface area contributed by atoms with E-state index in [1.807, 2.05) is 11.8 Å². The van der Waals surface area contributed by atoms with Gasteiger partial charge < -0.3 is 9.80 Å². The molecule has 1 aliphatic heterocycles. The lowest BCUT2D eigenvalue weighted by atomic mass is 10.2. The monoisotopic (exact) mass is 311 g/mol. The van der Waals surface area contributed by atoms with Gasteiger partial charge in [0.15, 0.2) is 0 Å². The van der Waals surface area contributed by atoms with E-state index in [9.17, 15) is 4.79 Å². The van der Waals surface area contributed by atoms with E-state index in [2.05, 4.69) is 40.9 Å². The average Bonchev–Trinajstić information content (AvgIpc) is 2.95. The molecule has 1 unspecified atom stereocenters. The van der Waals surface area contributed by atoms with E-state index in [1.165, 1.54) is 11.8 Å². The number of thioether (sulfide) groups is 1. The molecule has 1 saturated heterocycles. The fourth-order valence-corrected chi connectivity index (χ4v) is 3.13. The molecule has 0 spiro atoms. The van der Waals surface area contributed by atoms with Crippen molar-refractivity contribution in [1.29, 1.82) is 0 Å². The van der Waals surface area contributed by atoms with Crippen LogP contribution in [0.1, 0.15) is 39.4 Å². The molecule has 118 valence electrons. The summed E-state index contributed by atoms with van der Waals surface area (Å²) in [5.41, 5.74) is 0. The molecule has 0 bridgehead atoms. The second kappa shape index (κ2) is 7.26. The lowest BCUT2D eigenvalue weighted by Gasteiger charge is -2.35. The molecule has 1 N–H and O–H groups in total. The highest BCUT2D eigenvalue weighted by molar-refractivity contribution is 8.00. The molecule has 6 nitrogen and oxygen atoms in total. The summed E-state index contributed by atoms with van der Waals surface area (Å²) in [6.07, 6.45) is 0. The Morgan fingerprint density at radius 1 is 1.29 bits per heavy atom. The van der Waals surface area contributed by atoms with Gasteiger partial charge in [0.05, 0.1) is 5.25 Å². The molecule has 0 aromatic carbocycles. The minimum absolute atomic E-state index is 0.144. The van der Waals surface area contributed by atoms with Gasteiger partial charge in [-0.15, -0.1) is 5.10 Å². The Labute approximate surface area is 130 Å². The molecule has 1 amide bonds. The highest BCUT2D eigenvalue weighted by Crippen LogP contribution is 2.22. The number of aromatic amines is 1. The first kappa shape index (κ1) is 16.3. The first-order valence-electron chi connectivity index (χ1n) is 7.61. The van der Waals surface area contributed by atoms with Gasteiger partial charge in [-0.2, -0.15) is 0 Å². The molecule has 0 radical (unpaired) electrons. The number of nitrogens with zero attached hydrogens (tertiary/aromatic N) is 4. The molecule has 0 aliphatic carbocycles. The number of amides is 1. The van der Waals surface area contributed by atoms with Crippen LogP contribution in [-0.4, -0.2) is 68.9 Å². The molecule has 21 heavy (non-hydrogen) atoms. The van der Waals surface area contributed by atoms with Gasteiger partial charge >= 0.3 is 0 Å². The number of hydrogen-bond acceptors (Lipinski definition) is 5. The number of carbonyl (C=O) groups excluding carboxylic acids is 1. The molecule has 7 heteroatoms. The summed E-state index contributed by atoms with van der Waals surface area (Å²) in [7, 11) is 0. The lowest BCUT2D eigenvalue weighted by Crippen LogP contribution is -2.50. The van der Waals surface area contributed by atoms with Crippen LogP contribution >= 0.6 is 11.8 Å². The van der Waals surface area contributed by atoms with Crippen molar-refractivity contribution >= 4 is 17.7 Å². The molecule has 0 saturated carbocycles. The fourth-order valence-electron chi connectivity index (χ4n) is 2.32. The number of H-pyrrole nitrogens is 1. The summed E-state index contributed by atoms with van der Waals surface area (Å²) in [6, 6.07) is 0. The summed E-state index contributed by atoms with van der Waals surface area (Å²) in [6.45, 7) is 12.9. The maximum atomic E-state index is 12.5. The Balaban J connectivity index is 1.87. The van der Waals surface area contributed by atoms with Gasteiger partial charge in [0.2, 0.25) is 11.1 Å². The van der Waals surface area contributed by atoms with Crippen molar-refractivity contribution in [2.24, 2.45) is 0 Å². The summed E-state index contributed by atoms with van der Waals surface area (Å²) in [5, 5.41) is 7.62. The molecular formula is C14H25N5OS. The second-order valence-corrected chi connectivity index (χ2v) is 6.99. The van der Waals surface area contributed by atoms with Crippen molar-refractivity contribution < 1.29 is 4.79 Å². The van der Waals surface area contributed by atoms with Crippen LogP contribution in [0.2, 0.25) is 0 Å². The Bertz CT molecular complexity index is 468. The third-order valence-electron chi connectivity index (χ3n) is 3.79. The van der Waals surface area contributed by atoms with Crippen LogP contribution in [-0.2, 0) is 4.79 Å². The average molecular weight is 311 g/mol. The Morgan fingerprint density at radius 3 is 2.48 bits per heavy atom. The van der Waals surface area contributed by atoms with Crippen LogP contribution in [0.25, 0.3) is 0 Å². The first-order valence-corrected chi connectivity index (χ1v) is 8.49. The maximum absolute atomic E-state index is 12.5. The van der Waals surface area contributed by atoms with Crippen molar-refractivity contribution in [2.75, 3.05) is 32.7 Å². The minimum Gasteiger partial charge on any atom is -0.339 e. The smallest absolute Gasteiger partial charge is 0.235 e. The number of hydrogen-bond donors (Lipinski definition) is 1. The van der Waals surface area contributed by atoms with Crippen LogP contribution in [0.3, 0.4) is 0 Å². The number of aromatic nitrogens is 3. The Hall–Kier alpha value is -1.08. The van der Waals surface area contributed by atoms with Crippen LogP contribution in [0, 0.1) is 0 Å². The van der Waals surface area contributed by atoms with Crippen molar-refractivity contribution in [1.82, 2.24) is 25.0 Å². The molecule has 1 aromatic rings. The van der Waals surface area contributed by atoms with E-state index in [0.29, 0.717) is 11.1 Å². The Morgan fingerprint density at radius 2 is 1.95 bits per heavy atom. The van der Waals surface area contributed by atoms with E-state index in [1.54, 1.807) is 0 Å². The highest BCUT2D eigenvalue weighted by Gasteiger charge is 2.26. The van der Waals surface area contributed by atoms with Crippen molar-refractivity contribution in [3.8, 4) is 0 Å². The van der Waals surface area contributed by atoms with E-state index in [0.717, 1.165) is 38.5 Å². The van der Waals surface area contributed by atoms with Gasteiger partial charge in [0.25, 0.3) is 0 Å². The third kappa shape index (κ3) is 4.20. The number of carbonyl (C=O) groups is 1. The molecule has 1 fully saturated rings. The van der Waals surface area contributed by atoms with Crippen molar-refractivity contribution in [2.45, 2.75) is 44.0 Å². The quantitative estimate of drug-likeness (QED) is 0.836. The zero-order chi connectivity index (χ0) is 15.4. The van der Waals surface area contributed by atoms with Gasteiger partial charge in [0.1, 0.15) is 5.82 Å². The maximum Gasteiger partial charge on any atom is 0.235 e. The van der Waals surface area contributed by atoms with Gasteiger partial charge in [-0.3, -0.25) is 9.89 Å². The molecule has 1 atom stereocenters. The predicted molar refractivity (Wildman–Crippen MR) is 84.5 cm³/mol. The van der Waals surface area contributed by atoms with Crippen LogP contribution in [0.15, 0.2) is 5.16 Å². The third-order valence-corrected chi connectivity index (χ3v) is 4.74. The van der Waals surface area contributed by atoms with Crippen molar-refractivity contribution in [3.63, 3.8) is 0 Å². The summed E-state index contributed by atoms with van der Waals surface area (Å²) in [4.78, 5) is 21.2. The van der Waals surface area contributed by atoms with Gasteiger partial charge in [-0.05, 0) is 13.5 Å². The zero-order valence-corrected chi connectivity index (χ0v) is 14.1. The second-order valence-electron chi connectivity index (χ2n) is 5.68. The number of rotatable bonds is 5. The Kier molecular flexibility index (Phi) is 5.64.